The number of fused-ring (bicyclic) bond motifs is 1. The van der Waals surface area contributed by atoms with Gasteiger partial charge in [-0.2, -0.15) is 0 Å². The first-order valence-electron chi connectivity index (χ1n) is 16.4. The highest BCUT2D eigenvalue weighted by Crippen LogP contribution is 2.81. The maximum absolute atomic E-state index is 11.4. The lowest BCUT2D eigenvalue weighted by Gasteiger charge is -2.82. The van der Waals surface area contributed by atoms with E-state index < -0.39 is 118 Å². The van der Waals surface area contributed by atoms with Gasteiger partial charge in [0.1, 0.15) is 73.2 Å². The molecule has 5 fully saturated rings. The molecule has 5 aliphatic rings. The molecule has 48 heavy (non-hydrogen) atoms. The second kappa shape index (κ2) is 15.1. The van der Waals surface area contributed by atoms with Crippen LogP contribution in [0.5, 0.6) is 0 Å². The SMILES string of the molecule is C.CC.CC1(C)CC2(C)CC(C)(C)C12OC1OC(CO)C(O)C(OC2OC(CO)C(O)C(O)C2O)C1OC1O[C@H](CO)[C@@H](O)[C@H](O)[C@@H]1O. The Morgan fingerprint density at radius 2 is 0.875 bits per heavy atom. The van der Waals surface area contributed by atoms with Gasteiger partial charge in [-0.05, 0) is 29.1 Å². The van der Waals surface area contributed by atoms with Crippen molar-refractivity contribution in [1.29, 1.82) is 0 Å². The summed E-state index contributed by atoms with van der Waals surface area (Å²) in [5.74, 6) is 0. The molecule has 3 saturated heterocycles. The van der Waals surface area contributed by atoms with Crippen molar-refractivity contribution in [2.45, 2.75) is 166 Å². The Balaban J connectivity index is 0.00000204. The molecule has 5 rings (SSSR count). The van der Waals surface area contributed by atoms with Crippen molar-refractivity contribution in [2.75, 3.05) is 19.8 Å². The third kappa shape index (κ3) is 6.48. The van der Waals surface area contributed by atoms with Crippen molar-refractivity contribution in [3.05, 3.63) is 0 Å². The van der Waals surface area contributed by atoms with E-state index in [1.807, 2.05) is 41.5 Å². The van der Waals surface area contributed by atoms with Crippen LogP contribution in [0.4, 0.5) is 0 Å². The van der Waals surface area contributed by atoms with Gasteiger partial charge in [-0.3, -0.25) is 0 Å². The molecule has 284 valence electrons. The molecular weight excluding hydrogens is 640 g/mol. The fourth-order valence-electron chi connectivity index (χ4n) is 9.59. The molecule has 16 heteroatoms. The van der Waals surface area contributed by atoms with Crippen LogP contribution in [0.2, 0.25) is 0 Å². The lowest BCUT2D eigenvalue weighted by Crippen LogP contribution is -2.85. The highest BCUT2D eigenvalue weighted by Gasteiger charge is 2.82. The van der Waals surface area contributed by atoms with Gasteiger partial charge in [0.15, 0.2) is 18.9 Å². The van der Waals surface area contributed by atoms with Gasteiger partial charge >= 0.3 is 0 Å². The van der Waals surface area contributed by atoms with Crippen molar-refractivity contribution in [2.24, 2.45) is 16.2 Å². The zero-order chi connectivity index (χ0) is 35.4. The van der Waals surface area contributed by atoms with Gasteiger partial charge in [0.25, 0.3) is 0 Å². The Morgan fingerprint density at radius 3 is 1.23 bits per heavy atom. The van der Waals surface area contributed by atoms with E-state index in [-0.39, 0.29) is 23.7 Å². The molecule has 3 heterocycles. The number of ether oxygens (including phenoxy) is 6. The molecule has 11 unspecified atom stereocenters. The molecule has 16 nitrogen and oxygen atoms in total. The topological polar surface area (TPSA) is 258 Å². The summed E-state index contributed by atoms with van der Waals surface area (Å²) in [6, 6.07) is 0. The van der Waals surface area contributed by atoms with E-state index in [1.54, 1.807) is 0 Å². The van der Waals surface area contributed by atoms with Gasteiger partial charge in [0.05, 0.1) is 25.4 Å². The van der Waals surface area contributed by atoms with Crippen LogP contribution >= 0.6 is 0 Å². The van der Waals surface area contributed by atoms with Crippen LogP contribution in [0, 0.1) is 16.2 Å². The molecule has 2 saturated carbocycles. The summed E-state index contributed by atoms with van der Waals surface area (Å²) >= 11 is 0. The van der Waals surface area contributed by atoms with Crippen LogP contribution in [0.25, 0.3) is 0 Å². The van der Waals surface area contributed by atoms with Crippen molar-refractivity contribution >= 4 is 0 Å². The van der Waals surface area contributed by atoms with Crippen molar-refractivity contribution in [3.8, 4) is 0 Å². The quantitative estimate of drug-likeness (QED) is 0.122. The zero-order valence-corrected chi connectivity index (χ0v) is 28.1. The van der Waals surface area contributed by atoms with Gasteiger partial charge < -0.3 is 79.5 Å². The van der Waals surface area contributed by atoms with Crippen LogP contribution in [0.15, 0.2) is 0 Å². The normalized spacial score (nSPS) is 50.8. The van der Waals surface area contributed by atoms with Crippen molar-refractivity contribution in [3.63, 3.8) is 0 Å². The molecule has 0 aromatic rings. The van der Waals surface area contributed by atoms with E-state index in [4.69, 9.17) is 28.4 Å². The fourth-order valence-corrected chi connectivity index (χ4v) is 9.59. The van der Waals surface area contributed by atoms with E-state index in [0.29, 0.717) is 0 Å². The summed E-state index contributed by atoms with van der Waals surface area (Å²) < 4.78 is 36.2. The number of hydrogen-bond donors (Lipinski definition) is 10. The average Bonchev–Trinajstić information content (AvgIpc) is 3.02. The number of aliphatic hydroxyl groups excluding tert-OH is 10. The van der Waals surface area contributed by atoms with Crippen LogP contribution in [0.1, 0.15) is 68.7 Å². The predicted molar refractivity (Wildman–Crippen MR) is 166 cm³/mol. The maximum Gasteiger partial charge on any atom is 0.187 e. The van der Waals surface area contributed by atoms with Crippen LogP contribution < -0.4 is 0 Å². The average molecular weight is 701 g/mol. The lowest BCUT2D eigenvalue weighted by atomic mass is 9.26. The Labute approximate surface area is 282 Å². The summed E-state index contributed by atoms with van der Waals surface area (Å²) in [6.07, 6.45) is -22.8. The number of aliphatic hydroxyl groups is 10. The van der Waals surface area contributed by atoms with E-state index in [2.05, 4.69) is 6.92 Å². The third-order valence-corrected chi connectivity index (χ3v) is 10.8. The minimum Gasteiger partial charge on any atom is -0.394 e. The van der Waals surface area contributed by atoms with E-state index >= 15 is 0 Å². The minimum atomic E-state index is -1.87. The Morgan fingerprint density at radius 1 is 0.521 bits per heavy atom. The molecule has 0 spiro atoms. The van der Waals surface area contributed by atoms with Gasteiger partial charge in [-0.15, -0.1) is 0 Å². The standard InChI is InChI=1S/C29H50O16.C2H6.CH4/c1-26(2)9-28(5)10-27(3,4)29(26,28)45-25-22(44-24-20(39)18(37)15(34)12(7-31)41-24)21(16(35)13(8-32)42-25)43-23-19(38)17(36)14(33)11(6-30)40-23;1-2;/h11-25,30-39H,6-10H2,1-5H3;1-2H3;1H4/t11?,12-,13?,14?,15-,16?,17?,18+,19?,20+,21?,22?,23?,24?,25?,28?,29?;;/m1../s1. The molecule has 10 N–H and O–H groups in total. The van der Waals surface area contributed by atoms with Gasteiger partial charge in [0.2, 0.25) is 0 Å². The molecule has 0 radical (unpaired) electrons. The third-order valence-electron chi connectivity index (χ3n) is 10.8. The summed E-state index contributed by atoms with van der Waals surface area (Å²) in [5.41, 5.74) is -1.85. The Hall–Kier alpha value is -0.640. The predicted octanol–water partition coefficient (Wildman–Crippen LogP) is -2.28. The van der Waals surface area contributed by atoms with Crippen molar-refractivity contribution < 1.29 is 79.5 Å². The lowest BCUT2D eigenvalue weighted by molar-refractivity contribution is -0.467. The van der Waals surface area contributed by atoms with Crippen LogP contribution in [0.3, 0.4) is 0 Å². The van der Waals surface area contributed by atoms with E-state index in [9.17, 15) is 51.1 Å². The van der Waals surface area contributed by atoms with Gasteiger partial charge in [0, 0.05) is 0 Å². The Kier molecular flexibility index (Phi) is 13.2. The molecule has 0 aromatic heterocycles. The first-order chi connectivity index (χ1) is 21.9. The van der Waals surface area contributed by atoms with Crippen LogP contribution in [-0.2, 0) is 28.4 Å². The molecule has 0 amide bonds. The highest BCUT2D eigenvalue weighted by atomic mass is 16.8. The van der Waals surface area contributed by atoms with Gasteiger partial charge in [-0.1, -0.05) is 55.9 Å². The smallest absolute Gasteiger partial charge is 0.187 e. The summed E-state index contributed by atoms with van der Waals surface area (Å²) in [5, 5.41) is 104. The first kappa shape index (κ1) is 41.8. The first-order valence-corrected chi connectivity index (χ1v) is 16.4. The maximum atomic E-state index is 11.4. The molecular formula is C32H60O16. The summed E-state index contributed by atoms with van der Waals surface area (Å²) in [6.45, 7) is 12.1. The molecule has 0 aromatic carbocycles. The number of rotatable bonds is 9. The van der Waals surface area contributed by atoms with Gasteiger partial charge in [-0.25, -0.2) is 0 Å². The Bertz CT molecular complexity index is 1000. The molecule has 3 aliphatic heterocycles. The number of hydrogen-bond acceptors (Lipinski definition) is 16. The van der Waals surface area contributed by atoms with E-state index in [0.717, 1.165) is 12.8 Å². The summed E-state index contributed by atoms with van der Waals surface area (Å²) in [4.78, 5) is 0. The molecule has 0 bridgehead atoms. The fraction of sp³-hybridized carbons (Fsp3) is 1.00. The monoisotopic (exact) mass is 700 g/mol. The zero-order valence-electron chi connectivity index (χ0n) is 28.1. The molecule has 2 aliphatic carbocycles. The minimum absolute atomic E-state index is 0. The van der Waals surface area contributed by atoms with Crippen LogP contribution in [-0.4, -0.2) is 169 Å². The highest BCUT2D eigenvalue weighted by molar-refractivity contribution is 5.31. The second-order valence-corrected chi connectivity index (χ2v) is 14.8. The van der Waals surface area contributed by atoms with E-state index in [1.165, 1.54) is 0 Å². The molecule has 15 atom stereocenters. The largest absolute Gasteiger partial charge is 0.394 e. The summed E-state index contributed by atoms with van der Waals surface area (Å²) in [7, 11) is 0. The second-order valence-electron chi connectivity index (χ2n) is 14.8. The van der Waals surface area contributed by atoms with Crippen molar-refractivity contribution in [1.82, 2.24) is 0 Å².